The van der Waals surface area contributed by atoms with Crippen molar-refractivity contribution in [2.45, 2.75) is 44.8 Å². The molecular weight excluding hydrogens is 530 g/mol. The van der Waals surface area contributed by atoms with Gasteiger partial charge < -0.3 is 14.2 Å². The first-order valence-electron chi connectivity index (χ1n) is 13.9. The Hall–Kier alpha value is -3.13. The molecule has 2 atom stereocenters. The van der Waals surface area contributed by atoms with E-state index in [-0.39, 0.29) is 18.0 Å². The monoisotopic (exact) mass is 565 g/mol. The molecule has 0 spiro atoms. The van der Waals surface area contributed by atoms with Gasteiger partial charge in [0.05, 0.1) is 37.0 Å². The van der Waals surface area contributed by atoms with Crippen molar-refractivity contribution < 1.29 is 13.2 Å². The number of imidazole rings is 2. The van der Waals surface area contributed by atoms with Crippen LogP contribution in [0.2, 0.25) is 0 Å². The minimum absolute atomic E-state index is 0.0361. The van der Waals surface area contributed by atoms with Crippen LogP contribution < -0.4 is 4.90 Å². The molecule has 6 heterocycles. The van der Waals surface area contributed by atoms with Crippen LogP contribution in [0.25, 0.3) is 28.1 Å². The first kappa shape index (κ1) is 25.8. The normalized spacial score (nSPS) is 22.5. The predicted octanol–water partition coefficient (Wildman–Crippen LogP) is 1.88. The fraction of sp³-hybridized carbons (Fsp3) is 0.556. The van der Waals surface area contributed by atoms with E-state index in [0.29, 0.717) is 38.8 Å². The van der Waals surface area contributed by atoms with Crippen LogP contribution in [0, 0.1) is 0 Å². The molecule has 12 nitrogen and oxygen atoms in total. The van der Waals surface area contributed by atoms with Gasteiger partial charge in [-0.15, -0.1) is 0 Å². The van der Waals surface area contributed by atoms with Crippen molar-refractivity contribution >= 4 is 38.0 Å². The van der Waals surface area contributed by atoms with E-state index in [0.717, 1.165) is 59.2 Å². The molecule has 212 valence electrons. The Morgan fingerprint density at radius 2 is 1.80 bits per heavy atom. The number of aryl methyl sites for hydroxylation is 1. The quantitative estimate of drug-likeness (QED) is 0.346. The molecule has 3 fully saturated rings. The van der Waals surface area contributed by atoms with E-state index in [9.17, 15) is 8.42 Å². The number of fused-ring (bicyclic) bond motifs is 4. The third-order valence-electron chi connectivity index (χ3n) is 8.47. The number of rotatable bonds is 6. The zero-order valence-electron chi connectivity index (χ0n) is 23.4. The number of ether oxygens (including phenoxy) is 1. The number of anilines is 1. The molecule has 3 aromatic heterocycles. The molecule has 3 saturated heterocycles. The van der Waals surface area contributed by atoms with Crippen LogP contribution in [-0.2, 0) is 28.4 Å². The molecule has 13 heteroatoms. The molecular formula is C27H35N9O3S. The second kappa shape index (κ2) is 9.47. The van der Waals surface area contributed by atoms with Crippen LogP contribution in [0.4, 0.5) is 5.82 Å². The Morgan fingerprint density at radius 1 is 1.02 bits per heavy atom. The number of hydrogen-bond acceptors (Lipinski definition) is 9. The van der Waals surface area contributed by atoms with Gasteiger partial charge in [0.1, 0.15) is 11.6 Å². The zero-order valence-corrected chi connectivity index (χ0v) is 24.2. The van der Waals surface area contributed by atoms with E-state index < -0.39 is 10.0 Å². The highest BCUT2D eigenvalue weighted by Crippen LogP contribution is 2.35. The number of sulfonamides is 1. The van der Waals surface area contributed by atoms with Gasteiger partial charge >= 0.3 is 0 Å². The number of likely N-dealkylation sites (tertiary alicyclic amines) is 1. The second-order valence-electron chi connectivity index (χ2n) is 11.5. The third kappa shape index (κ3) is 4.18. The number of morpholine rings is 1. The summed E-state index contributed by atoms with van der Waals surface area (Å²) in [5.41, 5.74) is 3.45. The van der Waals surface area contributed by atoms with Gasteiger partial charge in [-0.05, 0) is 18.6 Å². The van der Waals surface area contributed by atoms with E-state index in [4.69, 9.17) is 24.7 Å². The van der Waals surface area contributed by atoms with Crippen molar-refractivity contribution in [1.29, 1.82) is 0 Å². The second-order valence-corrected chi connectivity index (χ2v) is 13.4. The molecule has 0 unspecified atom stereocenters. The van der Waals surface area contributed by atoms with Crippen molar-refractivity contribution in [3.8, 4) is 5.95 Å². The lowest BCUT2D eigenvalue weighted by atomic mass is 10.2. The van der Waals surface area contributed by atoms with Gasteiger partial charge in [-0.3, -0.25) is 9.47 Å². The number of para-hydroxylation sites is 2. The van der Waals surface area contributed by atoms with E-state index in [2.05, 4.69) is 38.8 Å². The molecule has 0 aliphatic carbocycles. The Morgan fingerprint density at radius 3 is 2.50 bits per heavy atom. The average molecular weight is 566 g/mol. The molecule has 1 aromatic carbocycles. The summed E-state index contributed by atoms with van der Waals surface area (Å²) in [6.07, 6.45) is 2.17. The lowest BCUT2D eigenvalue weighted by Gasteiger charge is -2.32. The van der Waals surface area contributed by atoms with E-state index in [1.54, 1.807) is 4.31 Å². The Bertz CT molecular complexity index is 1710. The molecule has 3 aliphatic rings. The fourth-order valence-corrected chi connectivity index (χ4v) is 7.59. The van der Waals surface area contributed by atoms with Crippen LogP contribution in [0.15, 0.2) is 24.3 Å². The van der Waals surface area contributed by atoms with Crippen molar-refractivity contribution in [2.24, 2.45) is 7.05 Å². The summed E-state index contributed by atoms with van der Waals surface area (Å²) < 4.78 is 35.8. The van der Waals surface area contributed by atoms with Gasteiger partial charge in [0.25, 0.3) is 0 Å². The predicted molar refractivity (Wildman–Crippen MR) is 152 cm³/mol. The van der Waals surface area contributed by atoms with Crippen molar-refractivity contribution in [3.05, 3.63) is 35.9 Å². The minimum atomic E-state index is -3.18. The summed E-state index contributed by atoms with van der Waals surface area (Å²) in [6, 6.07) is 8.34. The van der Waals surface area contributed by atoms with E-state index in [1.165, 1.54) is 6.26 Å². The number of hydrogen-bond donors (Lipinski definition) is 0. The van der Waals surface area contributed by atoms with Crippen molar-refractivity contribution in [2.75, 3.05) is 50.5 Å². The average Bonchev–Trinajstić information content (AvgIpc) is 3.70. The summed E-state index contributed by atoms with van der Waals surface area (Å²) in [4.78, 5) is 24.9. The highest BCUT2D eigenvalue weighted by atomic mass is 32.2. The Balaban J connectivity index is 1.33. The summed E-state index contributed by atoms with van der Waals surface area (Å²) in [5.74, 6) is 3.39. The maximum Gasteiger partial charge on any atom is 0.239 e. The van der Waals surface area contributed by atoms with E-state index >= 15 is 0 Å². The first-order valence-corrected chi connectivity index (χ1v) is 15.8. The number of aromatic nitrogens is 6. The summed E-state index contributed by atoms with van der Waals surface area (Å²) in [7, 11) is -1.17. The van der Waals surface area contributed by atoms with Crippen LogP contribution in [-0.4, -0.2) is 104 Å². The standard InChI is InChI=1S/C27H35N9O3S/c1-17(2)24-28-20-7-5-6-8-21(20)36(24)27-30-25-23(26(31-27)33-9-11-39-12-10-33)29-22(32(25)3)16-34-14-19-13-18(34)15-35(19)40(4,37)38/h5-8,17-19H,9-16H2,1-4H3/t18-,19-/m0/s1. The highest BCUT2D eigenvalue weighted by molar-refractivity contribution is 7.88. The van der Waals surface area contributed by atoms with Crippen molar-refractivity contribution in [3.63, 3.8) is 0 Å². The van der Waals surface area contributed by atoms with Crippen molar-refractivity contribution in [1.82, 2.24) is 38.3 Å². The zero-order chi connectivity index (χ0) is 27.8. The molecule has 0 saturated carbocycles. The van der Waals surface area contributed by atoms with Gasteiger partial charge in [0.15, 0.2) is 17.0 Å². The minimum Gasteiger partial charge on any atom is -0.378 e. The van der Waals surface area contributed by atoms with Gasteiger partial charge in [0.2, 0.25) is 16.0 Å². The first-order chi connectivity index (χ1) is 19.2. The van der Waals surface area contributed by atoms with E-state index in [1.807, 2.05) is 25.2 Å². The molecule has 0 N–H and O–H groups in total. The maximum absolute atomic E-state index is 12.2. The van der Waals surface area contributed by atoms with Crippen LogP contribution in [0.1, 0.15) is 37.8 Å². The number of nitrogens with zero attached hydrogens (tertiary/aromatic N) is 9. The molecule has 0 radical (unpaired) electrons. The Kier molecular flexibility index (Phi) is 6.11. The topological polar surface area (TPSA) is 115 Å². The largest absolute Gasteiger partial charge is 0.378 e. The van der Waals surface area contributed by atoms with Gasteiger partial charge in [-0.1, -0.05) is 26.0 Å². The third-order valence-corrected chi connectivity index (χ3v) is 9.77. The Labute approximate surface area is 233 Å². The molecule has 40 heavy (non-hydrogen) atoms. The molecule has 0 amide bonds. The molecule has 2 bridgehead atoms. The fourth-order valence-electron chi connectivity index (χ4n) is 6.45. The van der Waals surface area contributed by atoms with Crippen LogP contribution in [0.5, 0.6) is 0 Å². The maximum atomic E-state index is 12.2. The lowest BCUT2D eigenvalue weighted by molar-refractivity contribution is 0.122. The summed E-state index contributed by atoms with van der Waals surface area (Å²) in [5, 5.41) is 0. The smallest absolute Gasteiger partial charge is 0.239 e. The SMILES string of the molecule is CC(C)c1nc2ccccc2n1-c1nc(N2CCOCC2)c2nc(CN3C[C@@H]4C[C@H]3CN4S(C)(=O)=O)n(C)c2n1. The lowest BCUT2D eigenvalue weighted by Crippen LogP contribution is -2.48. The van der Waals surface area contributed by atoms with Crippen LogP contribution in [0.3, 0.4) is 0 Å². The van der Waals surface area contributed by atoms with Crippen LogP contribution >= 0.6 is 0 Å². The highest BCUT2D eigenvalue weighted by Gasteiger charge is 2.47. The number of benzene rings is 1. The van der Waals surface area contributed by atoms with Gasteiger partial charge in [-0.2, -0.15) is 14.3 Å². The molecule has 3 aliphatic heterocycles. The summed E-state index contributed by atoms with van der Waals surface area (Å²) in [6.45, 7) is 8.90. The number of piperazine rings is 1. The van der Waals surface area contributed by atoms with Gasteiger partial charge in [0, 0.05) is 51.2 Å². The summed E-state index contributed by atoms with van der Waals surface area (Å²) >= 11 is 0. The molecule has 7 rings (SSSR count). The molecule has 4 aromatic rings. The van der Waals surface area contributed by atoms with Gasteiger partial charge in [-0.25, -0.2) is 18.4 Å².